The second-order valence-corrected chi connectivity index (χ2v) is 4.11. The molecule has 0 aliphatic carbocycles. The van der Waals surface area contributed by atoms with Crippen LogP contribution in [0.15, 0.2) is 31.1 Å². The van der Waals surface area contributed by atoms with Crippen LogP contribution in [0.4, 0.5) is 0 Å². The van der Waals surface area contributed by atoms with Crippen LogP contribution >= 0.6 is 0 Å². The van der Waals surface area contributed by atoms with E-state index in [1.807, 2.05) is 23.4 Å². The van der Waals surface area contributed by atoms with E-state index >= 15 is 0 Å². The van der Waals surface area contributed by atoms with E-state index in [-0.39, 0.29) is 0 Å². The zero-order valence-electron chi connectivity index (χ0n) is 10.4. The molecule has 0 aliphatic rings. The third-order valence-corrected chi connectivity index (χ3v) is 2.86. The van der Waals surface area contributed by atoms with Gasteiger partial charge in [-0.2, -0.15) is 5.10 Å². The number of rotatable bonds is 6. The summed E-state index contributed by atoms with van der Waals surface area (Å²) < 4.78 is 4.01. The largest absolute Gasteiger partial charge is 0.336 e. The average molecular weight is 233 g/mol. The van der Waals surface area contributed by atoms with Crippen LogP contribution in [-0.2, 0) is 13.1 Å². The summed E-state index contributed by atoms with van der Waals surface area (Å²) in [7, 11) is 0. The molecule has 2 aromatic rings. The van der Waals surface area contributed by atoms with Gasteiger partial charge in [0, 0.05) is 49.8 Å². The molecule has 0 spiro atoms. The predicted molar refractivity (Wildman–Crippen MR) is 66.5 cm³/mol. The van der Waals surface area contributed by atoms with Crippen molar-refractivity contribution in [3.05, 3.63) is 36.7 Å². The normalized spacial score (nSPS) is 12.8. The summed E-state index contributed by atoms with van der Waals surface area (Å²) in [6, 6.07) is 0.332. The van der Waals surface area contributed by atoms with Gasteiger partial charge in [-0.3, -0.25) is 4.68 Å². The minimum atomic E-state index is 0.332. The van der Waals surface area contributed by atoms with Crippen LogP contribution in [0.25, 0.3) is 0 Å². The number of hydrogen-bond donors (Lipinski definition) is 1. The van der Waals surface area contributed by atoms with Gasteiger partial charge in [0.15, 0.2) is 0 Å². The topological polar surface area (TPSA) is 47.7 Å². The van der Waals surface area contributed by atoms with Crippen molar-refractivity contribution in [1.82, 2.24) is 24.6 Å². The van der Waals surface area contributed by atoms with E-state index in [1.54, 1.807) is 6.20 Å². The third kappa shape index (κ3) is 3.17. The first-order valence-electron chi connectivity index (χ1n) is 6.01. The molecule has 2 aromatic heterocycles. The lowest BCUT2D eigenvalue weighted by Crippen LogP contribution is -2.22. The van der Waals surface area contributed by atoms with Crippen LogP contribution in [-0.4, -0.2) is 25.9 Å². The van der Waals surface area contributed by atoms with Gasteiger partial charge >= 0.3 is 0 Å². The first-order valence-corrected chi connectivity index (χ1v) is 6.01. The van der Waals surface area contributed by atoms with Gasteiger partial charge in [-0.15, -0.1) is 0 Å². The van der Waals surface area contributed by atoms with Crippen molar-refractivity contribution in [2.24, 2.45) is 0 Å². The molecule has 0 saturated heterocycles. The Morgan fingerprint density at radius 2 is 2.35 bits per heavy atom. The lowest BCUT2D eigenvalue weighted by molar-refractivity contribution is 0.530. The lowest BCUT2D eigenvalue weighted by atomic mass is 10.2. The number of imidazole rings is 1. The van der Waals surface area contributed by atoms with Crippen molar-refractivity contribution in [3.63, 3.8) is 0 Å². The predicted octanol–water partition coefficient (Wildman–Crippen LogP) is 1.45. The smallest absolute Gasteiger partial charge is 0.0946 e. The second-order valence-electron chi connectivity index (χ2n) is 4.11. The monoisotopic (exact) mass is 233 g/mol. The van der Waals surface area contributed by atoms with Gasteiger partial charge < -0.3 is 9.88 Å². The Morgan fingerprint density at radius 1 is 1.47 bits per heavy atom. The maximum atomic E-state index is 4.28. The summed E-state index contributed by atoms with van der Waals surface area (Å²) in [5.74, 6) is 0. The molecule has 0 fully saturated rings. The molecule has 2 heterocycles. The first-order chi connectivity index (χ1) is 8.29. The van der Waals surface area contributed by atoms with Crippen molar-refractivity contribution in [1.29, 1.82) is 0 Å². The minimum Gasteiger partial charge on any atom is -0.336 e. The highest BCUT2D eigenvalue weighted by molar-refractivity contribution is 5.08. The minimum absolute atomic E-state index is 0.332. The van der Waals surface area contributed by atoms with Gasteiger partial charge in [0.1, 0.15) is 0 Å². The number of hydrogen-bond acceptors (Lipinski definition) is 3. The van der Waals surface area contributed by atoms with Crippen molar-refractivity contribution >= 4 is 0 Å². The van der Waals surface area contributed by atoms with Gasteiger partial charge in [0.25, 0.3) is 0 Å². The molecular formula is C12H19N5. The van der Waals surface area contributed by atoms with Crippen LogP contribution in [0.5, 0.6) is 0 Å². The molecule has 92 valence electrons. The molecule has 0 amide bonds. The highest BCUT2D eigenvalue weighted by atomic mass is 15.3. The molecule has 0 bridgehead atoms. The molecule has 1 N–H and O–H groups in total. The molecule has 1 unspecified atom stereocenters. The quantitative estimate of drug-likeness (QED) is 0.821. The van der Waals surface area contributed by atoms with Crippen LogP contribution < -0.4 is 5.32 Å². The fraction of sp³-hybridized carbons (Fsp3) is 0.500. The fourth-order valence-electron chi connectivity index (χ4n) is 1.72. The number of nitrogens with zero attached hydrogens (tertiary/aromatic N) is 4. The number of nitrogens with one attached hydrogen (secondary N) is 1. The van der Waals surface area contributed by atoms with E-state index in [0.29, 0.717) is 6.04 Å². The summed E-state index contributed by atoms with van der Waals surface area (Å²) in [4.78, 5) is 4.01. The van der Waals surface area contributed by atoms with Crippen LogP contribution in [0.2, 0.25) is 0 Å². The molecule has 0 saturated carbocycles. The highest BCUT2D eigenvalue weighted by Crippen LogP contribution is 2.10. The third-order valence-electron chi connectivity index (χ3n) is 2.86. The molecule has 0 aromatic carbocycles. The van der Waals surface area contributed by atoms with Crippen molar-refractivity contribution in [2.45, 2.75) is 33.0 Å². The Morgan fingerprint density at radius 3 is 3.00 bits per heavy atom. The molecule has 5 heteroatoms. The summed E-state index contributed by atoms with van der Waals surface area (Å²) in [5, 5.41) is 7.75. The second kappa shape index (κ2) is 5.63. The Balaban J connectivity index is 1.78. The van der Waals surface area contributed by atoms with Gasteiger partial charge in [-0.25, -0.2) is 4.98 Å². The molecular weight excluding hydrogens is 214 g/mol. The fourth-order valence-corrected chi connectivity index (χ4v) is 1.72. The molecule has 0 aliphatic heterocycles. The Labute approximate surface area is 101 Å². The number of aromatic nitrogens is 4. The zero-order valence-corrected chi connectivity index (χ0v) is 10.4. The summed E-state index contributed by atoms with van der Waals surface area (Å²) in [6.07, 6.45) is 9.63. The first kappa shape index (κ1) is 11.9. The van der Waals surface area contributed by atoms with Crippen molar-refractivity contribution < 1.29 is 0 Å². The van der Waals surface area contributed by atoms with Gasteiger partial charge in [0.2, 0.25) is 0 Å². The molecule has 17 heavy (non-hydrogen) atoms. The van der Waals surface area contributed by atoms with Gasteiger partial charge in [0.05, 0.1) is 12.5 Å². The van der Waals surface area contributed by atoms with Crippen LogP contribution in [0, 0.1) is 0 Å². The maximum Gasteiger partial charge on any atom is 0.0946 e. The highest BCUT2D eigenvalue weighted by Gasteiger charge is 2.06. The summed E-state index contributed by atoms with van der Waals surface area (Å²) in [5.41, 5.74) is 1.23. The molecule has 2 rings (SSSR count). The van der Waals surface area contributed by atoms with Crippen molar-refractivity contribution in [2.75, 3.05) is 6.54 Å². The SMILES string of the molecule is CCn1cc(C(C)NCCn2ccnc2)cn1. The lowest BCUT2D eigenvalue weighted by Gasteiger charge is -2.12. The zero-order chi connectivity index (χ0) is 12.1. The van der Waals surface area contributed by atoms with Crippen LogP contribution in [0.1, 0.15) is 25.5 Å². The molecule has 0 radical (unpaired) electrons. The Bertz CT molecular complexity index is 431. The molecule has 5 nitrogen and oxygen atoms in total. The van der Waals surface area contributed by atoms with E-state index in [2.05, 4.69) is 40.0 Å². The molecule has 1 atom stereocenters. The summed E-state index contributed by atoms with van der Waals surface area (Å²) in [6.45, 7) is 7.03. The van der Waals surface area contributed by atoms with Crippen LogP contribution in [0.3, 0.4) is 0 Å². The standard InChI is InChI=1S/C12H19N5/c1-3-17-9-12(8-15-17)11(2)14-5-7-16-6-4-13-10-16/h4,6,8-11,14H,3,5,7H2,1-2H3. The van der Waals surface area contributed by atoms with Gasteiger partial charge in [-0.1, -0.05) is 0 Å². The van der Waals surface area contributed by atoms with Gasteiger partial charge in [-0.05, 0) is 13.8 Å². The maximum absolute atomic E-state index is 4.28. The van der Waals surface area contributed by atoms with E-state index in [0.717, 1.165) is 19.6 Å². The van der Waals surface area contributed by atoms with E-state index < -0.39 is 0 Å². The number of aryl methyl sites for hydroxylation is 1. The Kier molecular flexibility index (Phi) is 3.93. The average Bonchev–Trinajstić information content (AvgIpc) is 2.99. The van der Waals surface area contributed by atoms with E-state index in [4.69, 9.17) is 0 Å². The Hall–Kier alpha value is -1.62. The van der Waals surface area contributed by atoms with Crippen molar-refractivity contribution in [3.8, 4) is 0 Å². The summed E-state index contributed by atoms with van der Waals surface area (Å²) >= 11 is 0. The van der Waals surface area contributed by atoms with E-state index in [9.17, 15) is 0 Å². The van der Waals surface area contributed by atoms with E-state index in [1.165, 1.54) is 5.56 Å².